The SMILES string of the molecule is Nc1ccncc1C(N)c1ccc(F)c2ccccc12. The summed E-state index contributed by atoms with van der Waals surface area (Å²) < 4.78 is 13.8. The number of halogens is 1. The zero-order valence-corrected chi connectivity index (χ0v) is 10.8. The van der Waals surface area contributed by atoms with Crippen molar-refractivity contribution in [2.45, 2.75) is 6.04 Å². The van der Waals surface area contributed by atoms with Crippen molar-refractivity contribution in [1.29, 1.82) is 0 Å². The number of pyridine rings is 1. The maximum Gasteiger partial charge on any atom is 0.131 e. The van der Waals surface area contributed by atoms with Gasteiger partial charge in [-0.05, 0) is 23.1 Å². The number of hydrogen-bond acceptors (Lipinski definition) is 3. The summed E-state index contributed by atoms with van der Waals surface area (Å²) in [5.41, 5.74) is 14.4. The van der Waals surface area contributed by atoms with Crippen LogP contribution in [-0.2, 0) is 0 Å². The highest BCUT2D eigenvalue weighted by Crippen LogP contribution is 2.30. The number of rotatable bonds is 2. The lowest BCUT2D eigenvalue weighted by atomic mass is 9.94. The predicted octanol–water partition coefficient (Wildman–Crippen LogP) is 3.00. The van der Waals surface area contributed by atoms with Crippen LogP contribution in [0.5, 0.6) is 0 Å². The number of nitrogens with zero attached hydrogens (tertiary/aromatic N) is 1. The fraction of sp³-hybridized carbons (Fsp3) is 0.0625. The van der Waals surface area contributed by atoms with Gasteiger partial charge < -0.3 is 11.5 Å². The van der Waals surface area contributed by atoms with Gasteiger partial charge in [-0.15, -0.1) is 0 Å². The van der Waals surface area contributed by atoms with Crippen LogP contribution in [0, 0.1) is 5.82 Å². The molecule has 0 aliphatic heterocycles. The van der Waals surface area contributed by atoms with Crippen LogP contribution in [0.2, 0.25) is 0 Å². The van der Waals surface area contributed by atoms with Crippen LogP contribution in [0.1, 0.15) is 17.2 Å². The first-order valence-electron chi connectivity index (χ1n) is 6.30. The number of fused-ring (bicyclic) bond motifs is 1. The molecule has 3 aromatic rings. The molecular formula is C16H14FN3. The standard InChI is InChI=1S/C16H14FN3/c17-14-6-5-12(10-3-1-2-4-11(10)14)16(19)13-9-20-8-7-15(13)18/h1-9,16H,19H2,(H2,18,20). The van der Waals surface area contributed by atoms with E-state index in [0.717, 1.165) is 16.5 Å². The molecule has 1 unspecified atom stereocenters. The summed E-state index contributed by atoms with van der Waals surface area (Å²) in [4.78, 5) is 4.06. The van der Waals surface area contributed by atoms with Crippen molar-refractivity contribution in [2.24, 2.45) is 5.73 Å². The highest BCUT2D eigenvalue weighted by Gasteiger charge is 2.16. The molecular weight excluding hydrogens is 253 g/mol. The highest BCUT2D eigenvalue weighted by molar-refractivity contribution is 5.87. The summed E-state index contributed by atoms with van der Waals surface area (Å²) in [6.07, 6.45) is 3.27. The minimum Gasteiger partial charge on any atom is -0.398 e. The third kappa shape index (κ3) is 2.00. The molecule has 0 saturated heterocycles. The van der Waals surface area contributed by atoms with E-state index in [-0.39, 0.29) is 5.82 Å². The Hall–Kier alpha value is -2.46. The molecule has 1 aromatic heterocycles. The van der Waals surface area contributed by atoms with Crippen molar-refractivity contribution in [3.05, 3.63) is 71.8 Å². The fourth-order valence-electron chi connectivity index (χ4n) is 2.40. The fourth-order valence-corrected chi connectivity index (χ4v) is 2.40. The average Bonchev–Trinajstić information content (AvgIpc) is 2.48. The Bertz CT molecular complexity index is 771. The lowest BCUT2D eigenvalue weighted by Gasteiger charge is -2.16. The quantitative estimate of drug-likeness (QED) is 0.750. The lowest BCUT2D eigenvalue weighted by Crippen LogP contribution is -2.14. The Kier molecular flexibility index (Phi) is 3.08. The normalized spacial score (nSPS) is 12.5. The number of aromatic nitrogens is 1. The third-order valence-electron chi connectivity index (χ3n) is 3.46. The van der Waals surface area contributed by atoms with E-state index in [2.05, 4.69) is 4.98 Å². The van der Waals surface area contributed by atoms with Crippen molar-refractivity contribution >= 4 is 16.5 Å². The molecule has 0 saturated carbocycles. The van der Waals surface area contributed by atoms with Gasteiger partial charge in [-0.25, -0.2) is 4.39 Å². The van der Waals surface area contributed by atoms with Gasteiger partial charge in [0.25, 0.3) is 0 Å². The predicted molar refractivity (Wildman–Crippen MR) is 78.6 cm³/mol. The topological polar surface area (TPSA) is 64.9 Å². The Morgan fingerprint density at radius 3 is 2.45 bits per heavy atom. The first kappa shape index (κ1) is 12.6. The zero-order valence-electron chi connectivity index (χ0n) is 10.8. The molecule has 0 aliphatic rings. The summed E-state index contributed by atoms with van der Waals surface area (Å²) in [7, 11) is 0. The number of hydrogen-bond donors (Lipinski definition) is 2. The van der Waals surface area contributed by atoms with Gasteiger partial charge in [-0.1, -0.05) is 30.3 Å². The third-order valence-corrected chi connectivity index (χ3v) is 3.46. The van der Waals surface area contributed by atoms with E-state index in [4.69, 9.17) is 11.5 Å². The molecule has 1 atom stereocenters. The van der Waals surface area contributed by atoms with Gasteiger partial charge in [0, 0.05) is 29.0 Å². The number of benzene rings is 2. The van der Waals surface area contributed by atoms with Crippen LogP contribution in [0.15, 0.2) is 54.9 Å². The molecule has 0 fully saturated rings. The van der Waals surface area contributed by atoms with Gasteiger partial charge in [-0.3, -0.25) is 4.98 Å². The second-order valence-electron chi connectivity index (χ2n) is 4.66. The van der Waals surface area contributed by atoms with Crippen molar-refractivity contribution in [2.75, 3.05) is 5.73 Å². The monoisotopic (exact) mass is 267 g/mol. The van der Waals surface area contributed by atoms with Gasteiger partial charge in [0.05, 0.1) is 6.04 Å². The minimum absolute atomic E-state index is 0.254. The largest absolute Gasteiger partial charge is 0.398 e. The molecule has 20 heavy (non-hydrogen) atoms. The van der Waals surface area contributed by atoms with Gasteiger partial charge >= 0.3 is 0 Å². The van der Waals surface area contributed by atoms with E-state index in [1.807, 2.05) is 12.1 Å². The molecule has 0 bridgehead atoms. The second-order valence-corrected chi connectivity index (χ2v) is 4.66. The molecule has 3 nitrogen and oxygen atoms in total. The first-order chi connectivity index (χ1) is 9.68. The van der Waals surface area contributed by atoms with E-state index in [0.29, 0.717) is 11.1 Å². The Labute approximate surface area is 116 Å². The molecule has 1 heterocycles. The van der Waals surface area contributed by atoms with Crippen LogP contribution < -0.4 is 11.5 Å². The van der Waals surface area contributed by atoms with Crippen LogP contribution in [0.3, 0.4) is 0 Å². The second kappa shape index (κ2) is 4.90. The molecule has 100 valence electrons. The van der Waals surface area contributed by atoms with E-state index in [1.54, 1.807) is 36.7 Å². The van der Waals surface area contributed by atoms with Gasteiger partial charge in [-0.2, -0.15) is 0 Å². The van der Waals surface area contributed by atoms with E-state index in [1.165, 1.54) is 6.07 Å². The van der Waals surface area contributed by atoms with E-state index in [9.17, 15) is 4.39 Å². The molecule has 0 spiro atoms. The van der Waals surface area contributed by atoms with Gasteiger partial charge in [0.2, 0.25) is 0 Å². The number of nitrogens with two attached hydrogens (primary N) is 2. The van der Waals surface area contributed by atoms with Crippen molar-refractivity contribution in [3.8, 4) is 0 Å². The minimum atomic E-state index is -0.436. The summed E-state index contributed by atoms with van der Waals surface area (Å²) in [6, 6.07) is 11.7. The molecule has 0 amide bonds. The summed E-state index contributed by atoms with van der Waals surface area (Å²) >= 11 is 0. The van der Waals surface area contributed by atoms with Gasteiger partial charge in [0.1, 0.15) is 5.82 Å². The molecule has 4 N–H and O–H groups in total. The zero-order chi connectivity index (χ0) is 14.1. The van der Waals surface area contributed by atoms with E-state index < -0.39 is 6.04 Å². The summed E-state index contributed by atoms with van der Waals surface area (Å²) in [5.74, 6) is -0.254. The Morgan fingerprint density at radius 1 is 0.950 bits per heavy atom. The molecule has 0 radical (unpaired) electrons. The van der Waals surface area contributed by atoms with E-state index >= 15 is 0 Å². The maximum absolute atomic E-state index is 13.8. The summed E-state index contributed by atoms with van der Waals surface area (Å²) in [5, 5.41) is 1.35. The number of anilines is 1. The first-order valence-corrected chi connectivity index (χ1v) is 6.30. The summed E-state index contributed by atoms with van der Waals surface area (Å²) in [6.45, 7) is 0. The number of nitrogen functional groups attached to an aromatic ring is 1. The molecule has 0 aliphatic carbocycles. The lowest BCUT2D eigenvalue weighted by molar-refractivity contribution is 0.639. The van der Waals surface area contributed by atoms with Crippen LogP contribution >= 0.6 is 0 Å². The highest BCUT2D eigenvalue weighted by atomic mass is 19.1. The van der Waals surface area contributed by atoms with Crippen molar-refractivity contribution in [3.63, 3.8) is 0 Å². The van der Waals surface area contributed by atoms with Gasteiger partial charge in [0.15, 0.2) is 0 Å². The molecule has 2 aromatic carbocycles. The molecule has 4 heteroatoms. The smallest absolute Gasteiger partial charge is 0.131 e. The Morgan fingerprint density at radius 2 is 1.70 bits per heavy atom. The van der Waals surface area contributed by atoms with Crippen LogP contribution in [-0.4, -0.2) is 4.98 Å². The molecule has 3 rings (SSSR count). The maximum atomic E-state index is 13.8. The van der Waals surface area contributed by atoms with Crippen molar-refractivity contribution in [1.82, 2.24) is 4.98 Å². The van der Waals surface area contributed by atoms with Crippen LogP contribution in [0.25, 0.3) is 10.8 Å². The Balaban J connectivity index is 2.20. The average molecular weight is 267 g/mol. The van der Waals surface area contributed by atoms with Crippen molar-refractivity contribution < 1.29 is 4.39 Å². The van der Waals surface area contributed by atoms with Crippen LogP contribution in [0.4, 0.5) is 10.1 Å².